The first-order chi connectivity index (χ1) is 12.6. The minimum absolute atomic E-state index is 0.0719. The summed E-state index contributed by atoms with van der Waals surface area (Å²) in [5.41, 5.74) is 3.07. The Bertz CT molecular complexity index is 852. The molecule has 26 heavy (non-hydrogen) atoms. The summed E-state index contributed by atoms with van der Waals surface area (Å²) in [7, 11) is 1.82. The van der Waals surface area contributed by atoms with Crippen molar-refractivity contribution in [2.24, 2.45) is 0 Å². The van der Waals surface area contributed by atoms with E-state index in [9.17, 15) is 4.79 Å². The van der Waals surface area contributed by atoms with Gasteiger partial charge >= 0.3 is 0 Å². The van der Waals surface area contributed by atoms with E-state index in [0.29, 0.717) is 18.0 Å². The van der Waals surface area contributed by atoms with Gasteiger partial charge in [0, 0.05) is 43.3 Å². The molecule has 4 heteroatoms. The third-order valence-corrected chi connectivity index (χ3v) is 4.77. The monoisotopic (exact) mass is 364 g/mol. The van der Waals surface area contributed by atoms with Crippen molar-refractivity contribution < 1.29 is 4.79 Å². The van der Waals surface area contributed by atoms with Crippen LogP contribution in [-0.2, 0) is 11.3 Å². The number of carbonyl (C=O) groups is 1. The molecule has 0 fully saturated rings. The Morgan fingerprint density at radius 1 is 1.04 bits per heavy atom. The van der Waals surface area contributed by atoms with Crippen molar-refractivity contribution in [3.63, 3.8) is 0 Å². The number of benzene rings is 2. The van der Waals surface area contributed by atoms with Crippen molar-refractivity contribution in [3.05, 3.63) is 101 Å². The summed E-state index contributed by atoms with van der Waals surface area (Å²) in [6, 6.07) is 21.6. The van der Waals surface area contributed by atoms with Gasteiger partial charge in [-0.1, -0.05) is 66.2 Å². The highest BCUT2D eigenvalue weighted by atomic mass is 35.5. The maximum atomic E-state index is 12.9. The molecule has 0 aliphatic carbocycles. The van der Waals surface area contributed by atoms with Gasteiger partial charge in [0.25, 0.3) is 0 Å². The average molecular weight is 365 g/mol. The van der Waals surface area contributed by atoms with Crippen molar-refractivity contribution in [2.45, 2.75) is 18.9 Å². The summed E-state index contributed by atoms with van der Waals surface area (Å²) >= 11 is 6.43. The second kappa shape index (κ2) is 8.63. The molecule has 1 aromatic heterocycles. The fourth-order valence-corrected chi connectivity index (χ4v) is 3.30. The van der Waals surface area contributed by atoms with Crippen molar-refractivity contribution in [1.82, 2.24) is 9.88 Å². The Hall–Kier alpha value is -2.65. The van der Waals surface area contributed by atoms with Gasteiger partial charge in [-0.25, -0.2) is 0 Å². The van der Waals surface area contributed by atoms with E-state index in [0.717, 1.165) is 16.7 Å². The standard InChI is InChI=1S/C22H21ClN2O/c1-25(16-17-8-7-13-24-15-17)22(26)14-20(18-9-3-2-4-10-18)19-11-5-6-12-21(19)23/h2-13,15,20H,14,16H2,1H3/t20-/m0/s1. The molecule has 0 N–H and O–H groups in total. The van der Waals surface area contributed by atoms with Gasteiger partial charge < -0.3 is 4.90 Å². The molecular weight excluding hydrogens is 344 g/mol. The SMILES string of the molecule is CN(Cc1cccnc1)C(=O)C[C@@H](c1ccccc1)c1ccccc1Cl. The van der Waals surface area contributed by atoms with Gasteiger partial charge in [-0.05, 0) is 28.8 Å². The van der Waals surface area contributed by atoms with E-state index in [1.54, 1.807) is 17.3 Å². The van der Waals surface area contributed by atoms with Crippen LogP contribution in [0.15, 0.2) is 79.1 Å². The van der Waals surface area contributed by atoms with Gasteiger partial charge in [-0.2, -0.15) is 0 Å². The highest BCUT2D eigenvalue weighted by Crippen LogP contribution is 2.33. The fourth-order valence-electron chi connectivity index (χ4n) is 3.03. The van der Waals surface area contributed by atoms with Crippen LogP contribution in [0.3, 0.4) is 0 Å². The second-order valence-electron chi connectivity index (χ2n) is 6.30. The molecule has 0 bridgehead atoms. The van der Waals surface area contributed by atoms with Gasteiger partial charge in [0.2, 0.25) is 5.91 Å². The van der Waals surface area contributed by atoms with Gasteiger partial charge in [0.15, 0.2) is 0 Å². The van der Waals surface area contributed by atoms with Gasteiger partial charge in [0.1, 0.15) is 0 Å². The van der Waals surface area contributed by atoms with Crippen LogP contribution in [0, 0.1) is 0 Å². The third kappa shape index (κ3) is 4.50. The highest BCUT2D eigenvalue weighted by molar-refractivity contribution is 6.31. The van der Waals surface area contributed by atoms with Crippen molar-refractivity contribution in [2.75, 3.05) is 7.05 Å². The lowest BCUT2D eigenvalue weighted by Crippen LogP contribution is -2.28. The van der Waals surface area contributed by atoms with E-state index in [2.05, 4.69) is 4.98 Å². The van der Waals surface area contributed by atoms with Gasteiger partial charge in [-0.3, -0.25) is 9.78 Å². The molecule has 3 aromatic rings. The Kier molecular flexibility index (Phi) is 6.03. The molecule has 132 valence electrons. The molecular formula is C22H21ClN2O. The largest absolute Gasteiger partial charge is 0.341 e. The minimum atomic E-state index is -0.0752. The first kappa shape index (κ1) is 18.2. The summed E-state index contributed by atoms with van der Waals surface area (Å²) in [6.45, 7) is 0.538. The van der Waals surface area contributed by atoms with Crippen LogP contribution in [0.4, 0.5) is 0 Å². The quantitative estimate of drug-likeness (QED) is 0.622. The van der Waals surface area contributed by atoms with Gasteiger partial charge in [0.05, 0.1) is 0 Å². The zero-order valence-electron chi connectivity index (χ0n) is 14.7. The molecule has 3 rings (SSSR count). The predicted molar refractivity (Wildman–Crippen MR) is 105 cm³/mol. The molecule has 3 nitrogen and oxygen atoms in total. The molecule has 0 radical (unpaired) electrons. The van der Waals surface area contributed by atoms with Crippen LogP contribution in [0.25, 0.3) is 0 Å². The molecule has 1 amide bonds. The lowest BCUT2D eigenvalue weighted by molar-refractivity contribution is -0.130. The van der Waals surface area contributed by atoms with Crippen LogP contribution in [0.2, 0.25) is 5.02 Å². The third-order valence-electron chi connectivity index (χ3n) is 4.43. The Labute approximate surface area is 159 Å². The maximum Gasteiger partial charge on any atom is 0.223 e. The number of nitrogens with zero attached hydrogens (tertiary/aromatic N) is 2. The zero-order valence-corrected chi connectivity index (χ0v) is 15.4. The van der Waals surface area contributed by atoms with E-state index >= 15 is 0 Å². The van der Waals surface area contributed by atoms with Crippen molar-refractivity contribution in [1.29, 1.82) is 0 Å². The minimum Gasteiger partial charge on any atom is -0.341 e. The van der Waals surface area contributed by atoms with Crippen LogP contribution in [-0.4, -0.2) is 22.8 Å². The van der Waals surface area contributed by atoms with Crippen LogP contribution < -0.4 is 0 Å². The molecule has 0 spiro atoms. The number of carbonyl (C=O) groups excluding carboxylic acids is 1. The number of pyridine rings is 1. The lowest BCUT2D eigenvalue weighted by atomic mass is 9.88. The van der Waals surface area contributed by atoms with E-state index in [4.69, 9.17) is 11.6 Å². The van der Waals surface area contributed by atoms with E-state index in [1.165, 1.54) is 0 Å². The normalized spacial score (nSPS) is 11.8. The molecule has 1 atom stereocenters. The smallest absolute Gasteiger partial charge is 0.223 e. The first-order valence-corrected chi connectivity index (χ1v) is 8.95. The molecule has 0 saturated carbocycles. The molecule has 0 saturated heterocycles. The summed E-state index contributed by atoms with van der Waals surface area (Å²) in [4.78, 5) is 18.7. The summed E-state index contributed by atoms with van der Waals surface area (Å²) in [5.74, 6) is -0.00336. The van der Waals surface area contributed by atoms with Crippen LogP contribution in [0.1, 0.15) is 29.0 Å². The topological polar surface area (TPSA) is 33.2 Å². The number of aromatic nitrogens is 1. The number of amides is 1. The van der Waals surface area contributed by atoms with E-state index < -0.39 is 0 Å². The lowest BCUT2D eigenvalue weighted by Gasteiger charge is -2.23. The maximum absolute atomic E-state index is 12.9. The fraction of sp³-hybridized carbons (Fsp3) is 0.182. The van der Waals surface area contributed by atoms with Crippen LogP contribution >= 0.6 is 11.6 Å². The van der Waals surface area contributed by atoms with E-state index in [-0.39, 0.29) is 11.8 Å². The van der Waals surface area contributed by atoms with Gasteiger partial charge in [-0.15, -0.1) is 0 Å². The average Bonchev–Trinajstić information content (AvgIpc) is 2.68. The van der Waals surface area contributed by atoms with E-state index in [1.807, 2.05) is 73.8 Å². The number of hydrogen-bond acceptors (Lipinski definition) is 2. The molecule has 0 unspecified atom stereocenters. The number of hydrogen-bond donors (Lipinski definition) is 0. The second-order valence-corrected chi connectivity index (χ2v) is 6.71. The number of rotatable bonds is 6. The van der Waals surface area contributed by atoms with Crippen molar-refractivity contribution >= 4 is 17.5 Å². The van der Waals surface area contributed by atoms with Crippen molar-refractivity contribution in [3.8, 4) is 0 Å². The Morgan fingerprint density at radius 3 is 2.46 bits per heavy atom. The molecule has 1 heterocycles. The number of halogens is 1. The molecule has 0 aliphatic heterocycles. The summed E-state index contributed by atoms with van der Waals surface area (Å²) in [5, 5.41) is 0.684. The summed E-state index contributed by atoms with van der Waals surface area (Å²) in [6.07, 6.45) is 3.88. The first-order valence-electron chi connectivity index (χ1n) is 8.57. The Balaban J connectivity index is 1.82. The Morgan fingerprint density at radius 2 is 1.77 bits per heavy atom. The highest BCUT2D eigenvalue weighted by Gasteiger charge is 2.22. The zero-order chi connectivity index (χ0) is 18.4. The predicted octanol–water partition coefficient (Wildman–Crippen LogP) is 4.92. The summed E-state index contributed by atoms with van der Waals surface area (Å²) < 4.78 is 0. The molecule has 0 aliphatic rings. The van der Waals surface area contributed by atoms with Crippen LogP contribution in [0.5, 0.6) is 0 Å². The molecule has 2 aromatic carbocycles.